The number of nitrogens with two attached hydrogens (primary N) is 1. The Morgan fingerprint density at radius 1 is 1.29 bits per heavy atom. The summed E-state index contributed by atoms with van der Waals surface area (Å²) in [7, 11) is 0. The van der Waals surface area contributed by atoms with E-state index in [2.05, 4.69) is 0 Å². The van der Waals surface area contributed by atoms with Crippen molar-refractivity contribution in [1.82, 2.24) is 5.01 Å². The molecule has 0 aliphatic rings. The first-order chi connectivity index (χ1) is 6.52. The highest BCUT2D eigenvalue weighted by molar-refractivity contribution is 6.30. The summed E-state index contributed by atoms with van der Waals surface area (Å²) in [4.78, 5) is 21.6. The van der Waals surface area contributed by atoms with E-state index in [1.807, 2.05) is 0 Å². The largest absolute Gasteiger partial charge is 0.464 e. The summed E-state index contributed by atoms with van der Waals surface area (Å²) < 4.78 is 0. The van der Waals surface area contributed by atoms with Crippen LogP contribution in [-0.4, -0.2) is 22.1 Å². The molecule has 14 heavy (non-hydrogen) atoms. The maximum Gasteiger partial charge on any atom is 0.429 e. The molecule has 0 atom stereocenters. The molecule has 0 aliphatic carbocycles. The molecule has 0 saturated carbocycles. The Morgan fingerprint density at radius 2 is 1.79 bits per heavy atom. The molecule has 1 aromatic carbocycles. The fraction of sp³-hybridized carbons (Fsp3) is 0. The van der Waals surface area contributed by atoms with E-state index < -0.39 is 12.0 Å². The predicted octanol–water partition coefficient (Wildman–Crippen LogP) is 1.33. The van der Waals surface area contributed by atoms with Crippen molar-refractivity contribution < 1.29 is 14.7 Å². The van der Waals surface area contributed by atoms with Crippen molar-refractivity contribution in [1.29, 1.82) is 0 Å². The lowest BCUT2D eigenvalue weighted by Gasteiger charge is -2.09. The summed E-state index contributed by atoms with van der Waals surface area (Å²) in [6.07, 6.45) is -1.51. The average molecular weight is 215 g/mol. The maximum atomic E-state index is 11.3. The van der Waals surface area contributed by atoms with Crippen molar-refractivity contribution in [2.24, 2.45) is 5.84 Å². The summed E-state index contributed by atoms with van der Waals surface area (Å²) in [6.45, 7) is 0. The highest BCUT2D eigenvalue weighted by Gasteiger charge is 2.17. The Morgan fingerprint density at radius 3 is 2.21 bits per heavy atom. The van der Waals surface area contributed by atoms with Crippen molar-refractivity contribution in [3.05, 3.63) is 34.9 Å². The Kier molecular flexibility index (Phi) is 3.06. The highest BCUT2D eigenvalue weighted by Crippen LogP contribution is 2.10. The van der Waals surface area contributed by atoms with E-state index in [4.69, 9.17) is 22.6 Å². The van der Waals surface area contributed by atoms with Crippen LogP contribution >= 0.6 is 11.6 Å². The van der Waals surface area contributed by atoms with Crippen LogP contribution in [0.5, 0.6) is 0 Å². The van der Waals surface area contributed by atoms with Crippen LogP contribution in [0.25, 0.3) is 0 Å². The van der Waals surface area contributed by atoms with Crippen LogP contribution in [0.2, 0.25) is 5.02 Å². The summed E-state index contributed by atoms with van der Waals surface area (Å²) in [6, 6.07) is 5.75. The van der Waals surface area contributed by atoms with E-state index in [1.54, 1.807) is 0 Å². The molecule has 0 aliphatic heterocycles. The monoisotopic (exact) mass is 214 g/mol. The molecular weight excluding hydrogens is 208 g/mol. The van der Waals surface area contributed by atoms with Gasteiger partial charge in [-0.25, -0.2) is 10.6 Å². The topological polar surface area (TPSA) is 83.6 Å². The van der Waals surface area contributed by atoms with E-state index in [1.165, 1.54) is 24.3 Å². The highest BCUT2D eigenvalue weighted by atomic mass is 35.5. The Hall–Kier alpha value is -1.59. The third kappa shape index (κ3) is 2.21. The number of hydrogen-bond donors (Lipinski definition) is 2. The summed E-state index contributed by atoms with van der Waals surface area (Å²) >= 11 is 5.59. The molecule has 0 heterocycles. The lowest BCUT2D eigenvalue weighted by Crippen LogP contribution is -2.41. The first kappa shape index (κ1) is 10.5. The van der Waals surface area contributed by atoms with Crippen LogP contribution in [-0.2, 0) is 0 Å². The SMILES string of the molecule is NN(C(=O)O)C(=O)c1ccc(Cl)cc1. The van der Waals surface area contributed by atoms with E-state index in [-0.39, 0.29) is 10.6 Å². The minimum absolute atomic E-state index is 0.114. The summed E-state index contributed by atoms with van der Waals surface area (Å²) in [5.74, 6) is 4.18. The van der Waals surface area contributed by atoms with Gasteiger partial charge in [0.1, 0.15) is 0 Å². The molecule has 1 rings (SSSR count). The fourth-order valence-electron chi connectivity index (χ4n) is 0.818. The molecule has 74 valence electrons. The van der Waals surface area contributed by atoms with Crippen molar-refractivity contribution in [2.45, 2.75) is 0 Å². The van der Waals surface area contributed by atoms with Gasteiger partial charge in [-0.05, 0) is 24.3 Å². The predicted molar refractivity (Wildman–Crippen MR) is 49.8 cm³/mol. The summed E-state index contributed by atoms with van der Waals surface area (Å²) in [5.41, 5.74) is 0.166. The second-order valence-electron chi connectivity index (χ2n) is 2.46. The molecule has 0 unspecified atom stereocenters. The smallest absolute Gasteiger partial charge is 0.429 e. The molecular formula is C8H7ClN2O3. The molecule has 1 aromatic rings. The standard InChI is InChI=1S/C8H7ClN2O3/c9-6-3-1-5(2-4-6)7(12)11(10)8(13)14/h1-4H,10H2,(H,13,14). The lowest BCUT2D eigenvalue weighted by atomic mass is 10.2. The zero-order chi connectivity index (χ0) is 10.7. The second-order valence-corrected chi connectivity index (χ2v) is 2.90. The second kappa shape index (κ2) is 4.08. The fourth-order valence-corrected chi connectivity index (χ4v) is 0.944. The van der Waals surface area contributed by atoms with Gasteiger partial charge >= 0.3 is 6.09 Å². The van der Waals surface area contributed by atoms with Gasteiger partial charge in [-0.1, -0.05) is 11.6 Å². The first-order valence-electron chi connectivity index (χ1n) is 3.60. The van der Waals surface area contributed by atoms with Crippen LogP contribution in [0.15, 0.2) is 24.3 Å². The van der Waals surface area contributed by atoms with Crippen LogP contribution < -0.4 is 5.84 Å². The van der Waals surface area contributed by atoms with Gasteiger partial charge in [0.05, 0.1) is 0 Å². The van der Waals surface area contributed by atoms with Gasteiger partial charge in [0.15, 0.2) is 0 Å². The number of imide groups is 1. The van der Waals surface area contributed by atoms with Crippen molar-refractivity contribution >= 4 is 23.6 Å². The van der Waals surface area contributed by atoms with E-state index in [0.29, 0.717) is 5.02 Å². The third-order valence-electron chi connectivity index (χ3n) is 1.52. The number of hydrogen-bond acceptors (Lipinski definition) is 3. The number of amides is 2. The van der Waals surface area contributed by atoms with Crippen LogP contribution in [0.4, 0.5) is 4.79 Å². The number of carbonyl (C=O) groups excluding carboxylic acids is 1. The van der Waals surface area contributed by atoms with Gasteiger partial charge in [0.2, 0.25) is 0 Å². The van der Waals surface area contributed by atoms with Gasteiger partial charge in [-0.2, -0.15) is 5.01 Å². The number of benzene rings is 1. The molecule has 0 spiro atoms. The van der Waals surface area contributed by atoms with Crippen molar-refractivity contribution in [3.8, 4) is 0 Å². The number of carbonyl (C=O) groups is 2. The van der Waals surface area contributed by atoms with Crippen LogP contribution in [0.1, 0.15) is 10.4 Å². The number of carboxylic acid groups (broad SMARTS) is 1. The molecule has 0 aromatic heterocycles. The Bertz CT molecular complexity index is 363. The normalized spacial score (nSPS) is 9.57. The van der Waals surface area contributed by atoms with Gasteiger partial charge in [-0.15, -0.1) is 0 Å². The number of halogens is 1. The van der Waals surface area contributed by atoms with Crippen molar-refractivity contribution in [2.75, 3.05) is 0 Å². The number of hydrazine groups is 1. The molecule has 6 heteroatoms. The number of nitrogens with zero attached hydrogens (tertiary/aromatic N) is 1. The van der Waals surface area contributed by atoms with E-state index >= 15 is 0 Å². The average Bonchev–Trinajstić information content (AvgIpc) is 2.16. The third-order valence-corrected chi connectivity index (χ3v) is 1.77. The van der Waals surface area contributed by atoms with Gasteiger partial charge in [0, 0.05) is 10.6 Å². The molecule has 0 fully saturated rings. The van der Waals surface area contributed by atoms with E-state index in [0.717, 1.165) is 0 Å². The molecule has 2 amide bonds. The minimum atomic E-state index is -1.51. The molecule has 0 bridgehead atoms. The van der Waals surface area contributed by atoms with E-state index in [9.17, 15) is 9.59 Å². The zero-order valence-corrected chi connectivity index (χ0v) is 7.73. The molecule has 5 nitrogen and oxygen atoms in total. The quantitative estimate of drug-likeness (QED) is 0.420. The van der Waals surface area contributed by atoms with Crippen LogP contribution in [0.3, 0.4) is 0 Å². The molecule has 3 N–H and O–H groups in total. The van der Waals surface area contributed by atoms with Crippen LogP contribution in [0, 0.1) is 0 Å². The zero-order valence-electron chi connectivity index (χ0n) is 6.98. The first-order valence-corrected chi connectivity index (χ1v) is 3.98. The lowest BCUT2D eigenvalue weighted by molar-refractivity contribution is 0.0741. The van der Waals surface area contributed by atoms with Crippen molar-refractivity contribution in [3.63, 3.8) is 0 Å². The molecule has 0 saturated heterocycles. The summed E-state index contributed by atoms with van der Waals surface area (Å²) in [5, 5.41) is 9.00. The number of rotatable bonds is 1. The minimum Gasteiger partial charge on any atom is -0.464 e. The van der Waals surface area contributed by atoms with Gasteiger partial charge in [0.25, 0.3) is 5.91 Å². The maximum absolute atomic E-state index is 11.3. The molecule has 0 radical (unpaired) electrons. The Balaban J connectivity index is 2.90. The van der Waals surface area contributed by atoms with Gasteiger partial charge in [-0.3, -0.25) is 4.79 Å². The Labute approximate surface area is 84.7 Å². The van der Waals surface area contributed by atoms with Gasteiger partial charge < -0.3 is 5.11 Å².